The smallest absolute Gasteiger partial charge is 0.360 e. The summed E-state index contributed by atoms with van der Waals surface area (Å²) >= 11 is 0. The molecule has 260 valence electrons. The van der Waals surface area contributed by atoms with Crippen LogP contribution in [0.4, 0.5) is 5.69 Å². The van der Waals surface area contributed by atoms with E-state index in [0.717, 1.165) is 6.92 Å². The minimum Gasteiger partial charge on any atom is -0.481 e. The van der Waals surface area contributed by atoms with Crippen LogP contribution < -0.4 is 32.2 Å². The van der Waals surface area contributed by atoms with E-state index < -0.39 is 109 Å². The molecule has 18 nitrogen and oxygen atoms in total. The number of para-hydroxylation sites is 1. The van der Waals surface area contributed by atoms with Gasteiger partial charge in [0.2, 0.25) is 29.5 Å². The van der Waals surface area contributed by atoms with Gasteiger partial charge >= 0.3 is 23.5 Å². The van der Waals surface area contributed by atoms with Crippen molar-refractivity contribution in [2.45, 2.75) is 77.5 Å². The average molecular weight is 676 g/mol. The molecule has 0 saturated carbocycles. The fraction of sp³-hybridized carbons (Fsp3) is 0.433. The summed E-state index contributed by atoms with van der Waals surface area (Å²) in [5.74, 6) is -10.1. The summed E-state index contributed by atoms with van der Waals surface area (Å²) in [7, 11) is 0. The topological polar surface area (TPSA) is 288 Å². The maximum atomic E-state index is 13.4. The van der Waals surface area contributed by atoms with Crippen LogP contribution in [-0.4, -0.2) is 86.9 Å². The van der Waals surface area contributed by atoms with Gasteiger partial charge in [0, 0.05) is 18.7 Å². The molecule has 1 aromatic carbocycles. The van der Waals surface area contributed by atoms with Crippen molar-refractivity contribution in [1.82, 2.24) is 21.3 Å². The minimum atomic E-state index is -1.75. The zero-order chi connectivity index (χ0) is 36.3. The quantitative estimate of drug-likeness (QED) is 0.0980. The first-order valence-electron chi connectivity index (χ1n) is 14.6. The van der Waals surface area contributed by atoms with Gasteiger partial charge in [-0.3, -0.25) is 38.4 Å². The van der Waals surface area contributed by atoms with Crippen LogP contribution in [0.3, 0.4) is 0 Å². The monoisotopic (exact) mass is 675 g/mol. The number of carbonyl (C=O) groups is 8. The zero-order valence-corrected chi connectivity index (χ0v) is 26.4. The molecule has 2 aromatic rings. The summed E-state index contributed by atoms with van der Waals surface area (Å²) in [5, 5.41) is 39.4. The van der Waals surface area contributed by atoms with E-state index in [-0.39, 0.29) is 11.3 Å². The lowest BCUT2D eigenvalue weighted by molar-refractivity contribution is -0.142. The number of anilines is 1. The van der Waals surface area contributed by atoms with Gasteiger partial charge in [-0.25, -0.2) is 4.79 Å². The lowest BCUT2D eigenvalue weighted by Crippen LogP contribution is -2.59. The Labute approximate surface area is 272 Å². The Kier molecular flexibility index (Phi) is 13.8. The Morgan fingerprint density at radius 3 is 1.81 bits per heavy atom. The van der Waals surface area contributed by atoms with Gasteiger partial charge in [0.1, 0.15) is 35.4 Å². The molecule has 0 radical (unpaired) electrons. The summed E-state index contributed by atoms with van der Waals surface area (Å²) in [6, 6.07) is 0.0130. The van der Waals surface area contributed by atoms with Gasteiger partial charge in [0.05, 0.1) is 12.8 Å². The lowest BCUT2D eigenvalue weighted by Gasteiger charge is -2.27. The van der Waals surface area contributed by atoms with E-state index in [1.807, 2.05) is 0 Å². The molecule has 5 amide bonds. The number of aliphatic carboxylic acids is 3. The number of hydrogen-bond acceptors (Lipinski definition) is 10. The molecule has 1 heterocycles. The predicted octanol–water partition coefficient (Wildman–Crippen LogP) is -0.531. The maximum Gasteiger partial charge on any atom is 0.360 e. The van der Waals surface area contributed by atoms with Crippen LogP contribution in [0.15, 0.2) is 33.5 Å². The van der Waals surface area contributed by atoms with Gasteiger partial charge < -0.3 is 46.3 Å². The van der Waals surface area contributed by atoms with E-state index in [2.05, 4.69) is 26.6 Å². The molecule has 0 aliphatic carbocycles. The van der Waals surface area contributed by atoms with Crippen molar-refractivity contribution >= 4 is 64.1 Å². The van der Waals surface area contributed by atoms with Crippen LogP contribution in [0.25, 0.3) is 11.0 Å². The molecule has 0 aliphatic heterocycles. The number of benzene rings is 1. The second kappa shape index (κ2) is 17.2. The molecule has 1 aromatic heterocycles. The number of hydrogen-bond donors (Lipinski definition) is 8. The Hall–Kier alpha value is -5.81. The molecular weight excluding hydrogens is 638 g/mol. The molecule has 2 rings (SSSR count). The largest absolute Gasteiger partial charge is 0.481 e. The molecule has 4 atom stereocenters. The van der Waals surface area contributed by atoms with Crippen LogP contribution in [0, 0.1) is 12.8 Å². The summed E-state index contributed by atoms with van der Waals surface area (Å²) in [6.07, 6.45) is -2.93. The second-order valence-corrected chi connectivity index (χ2v) is 11.1. The molecule has 8 N–H and O–H groups in total. The van der Waals surface area contributed by atoms with Gasteiger partial charge in [0.25, 0.3) is 0 Å². The van der Waals surface area contributed by atoms with E-state index >= 15 is 0 Å². The third-order valence-electron chi connectivity index (χ3n) is 6.93. The van der Waals surface area contributed by atoms with Crippen molar-refractivity contribution in [2.75, 3.05) is 5.32 Å². The molecule has 0 aliphatic rings. The van der Waals surface area contributed by atoms with E-state index in [0.29, 0.717) is 10.9 Å². The van der Waals surface area contributed by atoms with Crippen molar-refractivity contribution in [2.24, 2.45) is 5.92 Å². The van der Waals surface area contributed by atoms with Crippen molar-refractivity contribution in [3.63, 3.8) is 0 Å². The van der Waals surface area contributed by atoms with Gasteiger partial charge in [-0.2, -0.15) is 0 Å². The summed E-state index contributed by atoms with van der Waals surface area (Å²) in [5.41, 5.74) is -0.643. The van der Waals surface area contributed by atoms with Crippen LogP contribution in [-0.2, 0) is 38.4 Å². The number of nitrogens with one attached hydrogen (secondary N) is 5. The molecule has 48 heavy (non-hydrogen) atoms. The minimum absolute atomic E-state index is 0.245. The molecule has 0 unspecified atom stereocenters. The molecule has 0 fully saturated rings. The van der Waals surface area contributed by atoms with Gasteiger partial charge in [-0.05, 0) is 30.9 Å². The summed E-state index contributed by atoms with van der Waals surface area (Å²) in [4.78, 5) is 111. The van der Waals surface area contributed by atoms with Crippen molar-refractivity contribution < 1.29 is 58.1 Å². The highest BCUT2D eigenvalue weighted by atomic mass is 16.4. The summed E-state index contributed by atoms with van der Waals surface area (Å²) in [6.45, 7) is 5.54. The number of aryl methyl sites for hydroxylation is 1. The van der Waals surface area contributed by atoms with Crippen molar-refractivity contribution in [3.05, 3.63) is 40.2 Å². The SMILES string of the molecule is CC(=O)N[C@@H](CC(=O)O)C(=O)N[C@@H](CCC(=O)O)C(=O)N[C@H](C(=O)N[C@@H](CC(=O)O)C(=O)Nc1c(C)c2ccccc2oc1=O)C(C)C. The Bertz CT molecular complexity index is 1640. The highest BCUT2D eigenvalue weighted by Crippen LogP contribution is 2.22. The molecule has 0 spiro atoms. The van der Waals surface area contributed by atoms with Crippen LogP contribution in [0.1, 0.15) is 52.0 Å². The van der Waals surface area contributed by atoms with Crippen molar-refractivity contribution in [3.8, 4) is 0 Å². The van der Waals surface area contributed by atoms with Crippen LogP contribution >= 0.6 is 0 Å². The summed E-state index contributed by atoms with van der Waals surface area (Å²) < 4.78 is 5.23. The molecule has 0 bridgehead atoms. The van der Waals surface area contributed by atoms with Crippen LogP contribution in [0.5, 0.6) is 0 Å². The number of amides is 5. The zero-order valence-electron chi connectivity index (χ0n) is 26.4. The van der Waals surface area contributed by atoms with Crippen molar-refractivity contribution in [1.29, 1.82) is 0 Å². The highest BCUT2D eigenvalue weighted by Gasteiger charge is 2.34. The normalized spacial score (nSPS) is 13.4. The molecule has 0 saturated heterocycles. The Morgan fingerprint density at radius 2 is 1.27 bits per heavy atom. The number of fused-ring (bicyclic) bond motifs is 1. The number of rotatable bonds is 17. The highest BCUT2D eigenvalue weighted by molar-refractivity contribution is 6.02. The molecular formula is C30H37N5O13. The van der Waals surface area contributed by atoms with E-state index in [4.69, 9.17) is 14.6 Å². The Balaban J connectivity index is 2.30. The lowest BCUT2D eigenvalue weighted by atomic mass is 10.0. The van der Waals surface area contributed by atoms with E-state index in [1.54, 1.807) is 18.2 Å². The number of carbonyl (C=O) groups excluding carboxylic acids is 5. The van der Waals surface area contributed by atoms with E-state index in [1.165, 1.54) is 26.8 Å². The fourth-order valence-electron chi connectivity index (χ4n) is 4.53. The third-order valence-corrected chi connectivity index (χ3v) is 6.93. The first-order chi connectivity index (χ1) is 22.4. The first-order valence-corrected chi connectivity index (χ1v) is 14.6. The van der Waals surface area contributed by atoms with E-state index in [9.17, 15) is 48.3 Å². The maximum absolute atomic E-state index is 13.4. The standard InChI is InChI=1S/C30H37N5O13/c1-13(2)24(34-26(43)17(9-10-21(37)38)32-27(44)18(11-22(39)40)31-15(4)36)29(46)33-19(12-23(41)42)28(45)35-25-14(3)16-7-5-6-8-20(16)48-30(25)47/h5-8,13,17-19,24H,9-12H2,1-4H3,(H,31,36)(H,32,44)(H,33,46)(H,34,43)(H,35,45)(H,37,38)(H,39,40)(H,41,42)/t17-,18-,19-,24-/m0/s1. The van der Waals surface area contributed by atoms with Gasteiger partial charge in [0.15, 0.2) is 0 Å². The number of carboxylic acid groups (broad SMARTS) is 3. The van der Waals surface area contributed by atoms with Crippen LogP contribution in [0.2, 0.25) is 0 Å². The molecule has 18 heteroatoms. The van der Waals surface area contributed by atoms with Gasteiger partial charge in [-0.1, -0.05) is 32.0 Å². The predicted molar refractivity (Wildman–Crippen MR) is 165 cm³/mol. The van der Waals surface area contributed by atoms with Gasteiger partial charge in [-0.15, -0.1) is 0 Å². The Morgan fingerprint density at radius 1 is 0.729 bits per heavy atom. The average Bonchev–Trinajstić information content (AvgIpc) is 2.97. The fourth-order valence-corrected chi connectivity index (χ4v) is 4.53. The number of carboxylic acids is 3. The first kappa shape index (κ1) is 38.4. The third kappa shape index (κ3) is 11.2. The second-order valence-electron chi connectivity index (χ2n) is 11.1.